The number of aromatic nitrogens is 1. The number of rotatable bonds is 5. The molecule has 0 bridgehead atoms. The Balaban J connectivity index is 2.25. The van der Waals surface area contributed by atoms with Crippen LogP contribution in [0.1, 0.15) is 13.3 Å². The minimum absolute atomic E-state index is 0.0970. The van der Waals surface area contributed by atoms with E-state index in [0.717, 1.165) is 17.3 Å². The highest BCUT2D eigenvalue weighted by atomic mass is 16.5. The van der Waals surface area contributed by atoms with Gasteiger partial charge in [0.05, 0.1) is 5.52 Å². The summed E-state index contributed by atoms with van der Waals surface area (Å²) in [5.74, 6) is 1.03. The Kier molecular flexibility index (Phi) is 4.83. The fourth-order valence-corrected chi connectivity index (χ4v) is 1.85. The predicted octanol–water partition coefficient (Wildman–Crippen LogP) is 3.33. The first kappa shape index (κ1) is 14.9. The number of aliphatic hydroxyl groups is 1. The van der Waals surface area contributed by atoms with E-state index in [1.807, 2.05) is 19.1 Å². The van der Waals surface area contributed by atoms with Crippen LogP contribution in [0.2, 0.25) is 0 Å². The number of hydrogen-bond donors (Lipinski definition) is 1. The van der Waals surface area contributed by atoms with Crippen LogP contribution in [0.3, 0.4) is 0 Å². The van der Waals surface area contributed by atoms with Gasteiger partial charge in [-0.1, -0.05) is 37.2 Å². The van der Waals surface area contributed by atoms with E-state index in [4.69, 9.17) is 12.6 Å². The summed E-state index contributed by atoms with van der Waals surface area (Å²) >= 11 is 0. The predicted molar refractivity (Wildman–Crippen MR) is 87.0 cm³/mol. The van der Waals surface area contributed by atoms with E-state index in [9.17, 15) is 5.11 Å². The van der Waals surface area contributed by atoms with Crippen molar-refractivity contribution in [3.63, 3.8) is 0 Å². The molecule has 2 radical (unpaired) electrons. The van der Waals surface area contributed by atoms with Gasteiger partial charge < -0.3 is 9.84 Å². The van der Waals surface area contributed by atoms with Crippen LogP contribution < -0.4 is 10.2 Å². The molecular weight excluding hydrogens is 261 g/mol. The quantitative estimate of drug-likeness (QED) is 0.518. The molecule has 0 saturated carbocycles. The molecule has 21 heavy (non-hydrogen) atoms. The molecule has 0 amide bonds. The molecule has 1 heterocycles. The summed E-state index contributed by atoms with van der Waals surface area (Å²) in [6, 6.07) is 7.15. The van der Waals surface area contributed by atoms with Gasteiger partial charge in [-0.3, -0.25) is 4.98 Å². The average molecular weight is 277 g/mol. The Hall–Kier alpha value is -2.49. The Morgan fingerprint density at radius 1 is 1.43 bits per heavy atom. The molecule has 0 fully saturated rings. The van der Waals surface area contributed by atoms with Crippen LogP contribution in [0.15, 0.2) is 66.8 Å². The minimum atomic E-state index is 0.0970. The third-order valence-electron chi connectivity index (χ3n) is 2.80. The molecule has 0 spiro atoms. The molecule has 2 aromatic rings. The van der Waals surface area contributed by atoms with Crippen LogP contribution >= 0.6 is 0 Å². The lowest BCUT2D eigenvalue weighted by Gasteiger charge is -2.09. The molecule has 1 N–H and O–H groups in total. The molecule has 2 rings (SSSR count). The van der Waals surface area contributed by atoms with Gasteiger partial charge in [0.1, 0.15) is 25.1 Å². The third kappa shape index (κ3) is 3.99. The number of allylic oxidation sites excluding steroid dienone is 3. The maximum atomic E-state index is 9.69. The second kappa shape index (κ2) is 6.79. The first-order chi connectivity index (χ1) is 10.1. The molecule has 4 heteroatoms. The molecule has 0 unspecified atom stereocenters. The van der Waals surface area contributed by atoms with E-state index >= 15 is 0 Å². The molecule has 3 nitrogen and oxygen atoms in total. The lowest BCUT2D eigenvalue weighted by Crippen LogP contribution is -2.02. The number of ether oxygens (including phenoxy) is 1. The van der Waals surface area contributed by atoms with Gasteiger partial charge in [0.25, 0.3) is 0 Å². The van der Waals surface area contributed by atoms with E-state index in [2.05, 4.69) is 11.6 Å². The number of nitrogens with zero attached hydrogens (tertiary/aromatic N) is 1. The van der Waals surface area contributed by atoms with E-state index in [0.29, 0.717) is 17.0 Å². The van der Waals surface area contributed by atoms with Gasteiger partial charge in [-0.25, -0.2) is 0 Å². The van der Waals surface area contributed by atoms with Gasteiger partial charge in [0, 0.05) is 17.7 Å². The zero-order valence-corrected chi connectivity index (χ0v) is 11.9. The van der Waals surface area contributed by atoms with Crippen molar-refractivity contribution in [3.8, 4) is 5.75 Å². The summed E-state index contributed by atoms with van der Waals surface area (Å²) in [5.41, 5.74) is 1.42. The second-order valence-electron chi connectivity index (χ2n) is 4.53. The molecule has 1 aromatic heterocycles. The van der Waals surface area contributed by atoms with Crippen molar-refractivity contribution >= 4 is 24.2 Å². The summed E-state index contributed by atoms with van der Waals surface area (Å²) < 4.78 is 5.67. The number of hydrogen-bond acceptors (Lipinski definition) is 3. The van der Waals surface area contributed by atoms with E-state index in [1.165, 1.54) is 6.08 Å². The Morgan fingerprint density at radius 3 is 3.00 bits per heavy atom. The molecule has 104 valence electrons. The highest BCUT2D eigenvalue weighted by Crippen LogP contribution is 2.24. The van der Waals surface area contributed by atoms with Crippen molar-refractivity contribution in [1.29, 1.82) is 0 Å². The Bertz CT molecular complexity index is 720. The summed E-state index contributed by atoms with van der Waals surface area (Å²) in [6.45, 7) is 5.77. The monoisotopic (exact) mass is 277 g/mol. The first-order valence-corrected chi connectivity index (χ1v) is 6.68. The first-order valence-electron chi connectivity index (χ1n) is 6.68. The number of pyridine rings is 1. The van der Waals surface area contributed by atoms with Gasteiger partial charge in [-0.15, -0.1) is 0 Å². The van der Waals surface area contributed by atoms with E-state index < -0.39 is 0 Å². The zero-order chi connectivity index (χ0) is 15.2. The highest BCUT2D eigenvalue weighted by Gasteiger charge is 2.04. The van der Waals surface area contributed by atoms with Crippen molar-refractivity contribution in [2.45, 2.75) is 13.3 Å². The lowest BCUT2D eigenvalue weighted by atomic mass is 9.94. The molecule has 0 aliphatic carbocycles. The average Bonchev–Trinajstić information content (AvgIpc) is 2.45. The van der Waals surface area contributed by atoms with Gasteiger partial charge in [0.2, 0.25) is 0 Å². The summed E-state index contributed by atoms with van der Waals surface area (Å²) in [7, 11) is 5.79. The summed E-state index contributed by atoms with van der Waals surface area (Å²) in [4.78, 5) is 4.25. The minimum Gasteiger partial charge on any atom is -0.508 e. The van der Waals surface area contributed by atoms with Gasteiger partial charge in [0.15, 0.2) is 0 Å². The topological polar surface area (TPSA) is 42.4 Å². The van der Waals surface area contributed by atoms with Gasteiger partial charge >= 0.3 is 0 Å². The fourth-order valence-electron chi connectivity index (χ4n) is 1.85. The Morgan fingerprint density at radius 2 is 2.24 bits per heavy atom. The van der Waals surface area contributed by atoms with Crippen molar-refractivity contribution in [2.75, 3.05) is 0 Å². The number of fused-ring (bicyclic) bond motifs is 1. The molecule has 0 saturated heterocycles. The standard InChI is InChI=1S/C17H16BNO2/c1-3-4-5-14(20)10-12(2)21-17-8-9-19-16-7-6-13(18)11-15(16)17/h4-11,20H,2-3H2,1H3/b5-4-,14-10+. The Labute approximate surface area is 125 Å². The van der Waals surface area contributed by atoms with E-state index in [-0.39, 0.29) is 5.76 Å². The van der Waals surface area contributed by atoms with Gasteiger partial charge in [-0.05, 0) is 24.6 Å². The number of aliphatic hydroxyl groups excluding tert-OH is 1. The zero-order valence-electron chi connectivity index (χ0n) is 11.9. The molecule has 0 aliphatic heterocycles. The fraction of sp³-hybridized carbons (Fsp3) is 0.118. The molecule has 1 aromatic carbocycles. The highest BCUT2D eigenvalue weighted by molar-refractivity contribution is 6.33. The maximum Gasteiger partial charge on any atom is 0.138 e. The smallest absolute Gasteiger partial charge is 0.138 e. The normalized spacial score (nSPS) is 12.0. The third-order valence-corrected chi connectivity index (χ3v) is 2.80. The van der Waals surface area contributed by atoms with E-state index in [1.54, 1.807) is 30.5 Å². The van der Waals surface area contributed by atoms with Crippen LogP contribution in [-0.4, -0.2) is 17.9 Å². The maximum absolute atomic E-state index is 9.69. The molecular formula is C17H16BNO2. The van der Waals surface area contributed by atoms with Crippen molar-refractivity contribution in [3.05, 3.63) is 66.8 Å². The SMILES string of the molecule is [B]c1ccc2nccc(OC(=C)/C=C(O)\C=C/CC)c2c1. The second-order valence-corrected chi connectivity index (χ2v) is 4.53. The van der Waals surface area contributed by atoms with Crippen molar-refractivity contribution in [1.82, 2.24) is 4.98 Å². The summed E-state index contributed by atoms with van der Waals surface area (Å²) in [6.07, 6.45) is 7.42. The van der Waals surface area contributed by atoms with Crippen LogP contribution in [-0.2, 0) is 0 Å². The lowest BCUT2D eigenvalue weighted by molar-refractivity contribution is 0.413. The number of benzene rings is 1. The van der Waals surface area contributed by atoms with Crippen LogP contribution in [0.4, 0.5) is 0 Å². The van der Waals surface area contributed by atoms with Crippen molar-refractivity contribution < 1.29 is 9.84 Å². The largest absolute Gasteiger partial charge is 0.508 e. The van der Waals surface area contributed by atoms with Crippen LogP contribution in [0.25, 0.3) is 10.9 Å². The van der Waals surface area contributed by atoms with Crippen LogP contribution in [0.5, 0.6) is 5.75 Å². The van der Waals surface area contributed by atoms with Crippen molar-refractivity contribution in [2.24, 2.45) is 0 Å². The summed E-state index contributed by atoms with van der Waals surface area (Å²) in [5, 5.41) is 10.5. The van der Waals surface area contributed by atoms with Crippen LogP contribution in [0, 0.1) is 0 Å². The van der Waals surface area contributed by atoms with Gasteiger partial charge in [-0.2, -0.15) is 0 Å². The molecule has 0 aliphatic rings. The molecule has 0 atom stereocenters.